The second-order valence-corrected chi connectivity index (χ2v) is 7.29. The first-order valence-electron chi connectivity index (χ1n) is 6.91. The molecule has 21 heavy (non-hydrogen) atoms. The molecule has 1 atom stereocenters. The zero-order chi connectivity index (χ0) is 15.7. The van der Waals surface area contributed by atoms with E-state index in [9.17, 15) is 4.39 Å². The number of hydrogen-bond donors (Lipinski definition) is 0. The average Bonchev–Trinajstić information content (AvgIpc) is 2.73. The molecule has 2 rings (SSSR count). The van der Waals surface area contributed by atoms with E-state index in [1.54, 1.807) is 12.1 Å². The summed E-state index contributed by atoms with van der Waals surface area (Å²) in [6.45, 7) is 5.20. The molecule has 3 nitrogen and oxygen atoms in total. The molecule has 0 saturated carbocycles. The molecule has 6 heteroatoms. The summed E-state index contributed by atoms with van der Waals surface area (Å²) in [7, 11) is 4.08. The molecule has 1 aromatic carbocycles. The second-order valence-electron chi connectivity index (χ2n) is 5.86. The SMILES string of the molecule is CC(C)C(CN(C)C)n1c(CCl)nc2cc(I)c(F)cc21. The van der Waals surface area contributed by atoms with E-state index in [1.807, 2.05) is 36.7 Å². The minimum atomic E-state index is -0.210. The summed E-state index contributed by atoms with van der Waals surface area (Å²) in [6, 6.07) is 3.56. The van der Waals surface area contributed by atoms with Crippen molar-refractivity contribution in [1.82, 2.24) is 14.5 Å². The van der Waals surface area contributed by atoms with Gasteiger partial charge in [-0.15, -0.1) is 11.6 Å². The highest BCUT2D eigenvalue weighted by Gasteiger charge is 2.23. The standard InChI is InChI=1S/C15H20ClFIN3/c1-9(2)14(8-20(3)4)21-13-5-10(17)11(18)6-12(13)19-15(21)7-16/h5-6,9,14H,7-8H2,1-4H3. The molecule has 0 saturated heterocycles. The Balaban J connectivity index is 2.66. The van der Waals surface area contributed by atoms with Gasteiger partial charge in [-0.05, 0) is 48.7 Å². The minimum Gasteiger partial charge on any atom is -0.322 e. The van der Waals surface area contributed by atoms with E-state index in [4.69, 9.17) is 11.6 Å². The van der Waals surface area contributed by atoms with E-state index in [0.29, 0.717) is 15.4 Å². The van der Waals surface area contributed by atoms with Gasteiger partial charge in [0.25, 0.3) is 0 Å². The Morgan fingerprint density at radius 1 is 1.38 bits per heavy atom. The summed E-state index contributed by atoms with van der Waals surface area (Å²) in [5, 5.41) is 0. The zero-order valence-corrected chi connectivity index (χ0v) is 15.6. The first kappa shape index (κ1) is 17.0. The van der Waals surface area contributed by atoms with Crippen LogP contribution in [-0.4, -0.2) is 35.1 Å². The number of alkyl halides is 1. The van der Waals surface area contributed by atoms with Crippen LogP contribution in [0.3, 0.4) is 0 Å². The smallest absolute Gasteiger partial charge is 0.138 e. The van der Waals surface area contributed by atoms with Crippen molar-refractivity contribution >= 4 is 45.2 Å². The quantitative estimate of drug-likeness (QED) is 0.529. The van der Waals surface area contributed by atoms with Gasteiger partial charge in [-0.25, -0.2) is 9.37 Å². The number of fused-ring (bicyclic) bond motifs is 1. The summed E-state index contributed by atoms with van der Waals surface area (Å²) >= 11 is 8.07. The molecule has 2 aromatic rings. The van der Waals surface area contributed by atoms with Crippen molar-refractivity contribution in [2.24, 2.45) is 5.92 Å². The molecular weight excluding hydrogens is 404 g/mol. The van der Waals surface area contributed by atoms with Crippen LogP contribution < -0.4 is 0 Å². The number of likely N-dealkylation sites (N-methyl/N-ethyl adjacent to an activating group) is 1. The maximum absolute atomic E-state index is 14.0. The van der Waals surface area contributed by atoms with Gasteiger partial charge < -0.3 is 9.47 Å². The molecule has 0 aliphatic heterocycles. The molecule has 0 amide bonds. The average molecular weight is 424 g/mol. The normalized spacial score (nSPS) is 13.6. The summed E-state index contributed by atoms with van der Waals surface area (Å²) in [5.41, 5.74) is 1.63. The van der Waals surface area contributed by atoms with Crippen LogP contribution in [0.4, 0.5) is 4.39 Å². The van der Waals surface area contributed by atoms with Crippen molar-refractivity contribution in [3.05, 3.63) is 27.3 Å². The van der Waals surface area contributed by atoms with Crippen LogP contribution in [0, 0.1) is 15.3 Å². The maximum atomic E-state index is 14.0. The highest BCUT2D eigenvalue weighted by atomic mass is 127. The number of nitrogens with zero attached hydrogens (tertiary/aromatic N) is 3. The fourth-order valence-corrected chi connectivity index (χ4v) is 3.21. The Morgan fingerprint density at radius 2 is 2.05 bits per heavy atom. The monoisotopic (exact) mass is 423 g/mol. The lowest BCUT2D eigenvalue weighted by atomic mass is 10.0. The molecule has 0 aliphatic carbocycles. The van der Waals surface area contributed by atoms with Gasteiger partial charge >= 0.3 is 0 Å². The van der Waals surface area contributed by atoms with Gasteiger partial charge in [0.15, 0.2) is 0 Å². The number of hydrogen-bond acceptors (Lipinski definition) is 2. The van der Waals surface area contributed by atoms with Gasteiger partial charge in [-0.2, -0.15) is 0 Å². The largest absolute Gasteiger partial charge is 0.322 e. The fourth-order valence-electron chi connectivity index (χ4n) is 2.57. The second kappa shape index (κ2) is 6.79. The fraction of sp³-hybridized carbons (Fsp3) is 0.533. The van der Waals surface area contributed by atoms with E-state index < -0.39 is 0 Å². The first-order valence-corrected chi connectivity index (χ1v) is 8.53. The molecule has 0 radical (unpaired) electrons. The maximum Gasteiger partial charge on any atom is 0.138 e. The third-order valence-electron chi connectivity index (χ3n) is 3.58. The van der Waals surface area contributed by atoms with Crippen LogP contribution in [0.2, 0.25) is 0 Å². The number of imidazole rings is 1. The van der Waals surface area contributed by atoms with Gasteiger partial charge in [-0.1, -0.05) is 13.8 Å². The predicted molar refractivity (Wildman–Crippen MR) is 94.4 cm³/mol. The number of halogens is 3. The van der Waals surface area contributed by atoms with Crippen molar-refractivity contribution in [2.75, 3.05) is 20.6 Å². The summed E-state index contributed by atoms with van der Waals surface area (Å²) in [5.74, 6) is 1.31. The lowest BCUT2D eigenvalue weighted by Crippen LogP contribution is -2.29. The van der Waals surface area contributed by atoms with Gasteiger partial charge in [0.2, 0.25) is 0 Å². The van der Waals surface area contributed by atoms with E-state index in [0.717, 1.165) is 23.4 Å². The van der Waals surface area contributed by atoms with E-state index in [-0.39, 0.29) is 11.9 Å². The molecule has 116 valence electrons. The molecular formula is C15H20ClFIN3. The Bertz CT molecular complexity index is 639. The van der Waals surface area contributed by atoms with Gasteiger partial charge in [0.05, 0.1) is 26.5 Å². The van der Waals surface area contributed by atoms with E-state index in [1.165, 1.54) is 0 Å². The van der Waals surface area contributed by atoms with Crippen molar-refractivity contribution < 1.29 is 4.39 Å². The highest BCUT2D eigenvalue weighted by Crippen LogP contribution is 2.29. The topological polar surface area (TPSA) is 21.1 Å². The Kier molecular flexibility index (Phi) is 5.48. The number of benzene rings is 1. The molecule has 0 bridgehead atoms. The lowest BCUT2D eigenvalue weighted by Gasteiger charge is -2.28. The molecule has 1 aromatic heterocycles. The molecule has 1 heterocycles. The van der Waals surface area contributed by atoms with Crippen molar-refractivity contribution in [3.8, 4) is 0 Å². The molecule has 0 fully saturated rings. The van der Waals surface area contributed by atoms with Crippen LogP contribution >= 0.6 is 34.2 Å². The van der Waals surface area contributed by atoms with Gasteiger partial charge in [0, 0.05) is 12.6 Å². The molecule has 0 N–H and O–H groups in total. The van der Waals surface area contributed by atoms with Crippen LogP contribution in [0.15, 0.2) is 12.1 Å². The molecule has 0 spiro atoms. The summed E-state index contributed by atoms with van der Waals surface area (Å²) < 4.78 is 16.7. The molecule has 0 aliphatic rings. The first-order chi connectivity index (χ1) is 9.85. The van der Waals surface area contributed by atoms with Gasteiger partial charge in [0.1, 0.15) is 11.6 Å². The van der Waals surface area contributed by atoms with Crippen molar-refractivity contribution in [1.29, 1.82) is 0 Å². The Morgan fingerprint density at radius 3 is 2.57 bits per heavy atom. The van der Waals surface area contributed by atoms with Crippen molar-refractivity contribution in [2.45, 2.75) is 25.8 Å². The summed E-state index contributed by atoms with van der Waals surface area (Å²) in [6.07, 6.45) is 0. The van der Waals surface area contributed by atoms with Crippen LogP contribution in [0.1, 0.15) is 25.7 Å². The highest BCUT2D eigenvalue weighted by molar-refractivity contribution is 14.1. The third-order valence-corrected chi connectivity index (χ3v) is 4.64. The van der Waals surface area contributed by atoms with E-state index >= 15 is 0 Å². The minimum absolute atomic E-state index is 0.207. The third kappa shape index (κ3) is 3.51. The van der Waals surface area contributed by atoms with Crippen molar-refractivity contribution in [3.63, 3.8) is 0 Å². The molecule has 1 unspecified atom stereocenters. The predicted octanol–water partition coefficient (Wildman–Crippen LogP) is 4.28. The zero-order valence-electron chi connectivity index (χ0n) is 12.7. The Labute approximate surface area is 143 Å². The number of rotatable bonds is 5. The number of aromatic nitrogens is 2. The van der Waals surface area contributed by atoms with Crippen LogP contribution in [0.25, 0.3) is 11.0 Å². The summed E-state index contributed by atoms with van der Waals surface area (Å²) in [4.78, 5) is 6.72. The van der Waals surface area contributed by atoms with Crippen LogP contribution in [-0.2, 0) is 5.88 Å². The van der Waals surface area contributed by atoms with Crippen LogP contribution in [0.5, 0.6) is 0 Å². The van der Waals surface area contributed by atoms with E-state index in [2.05, 4.69) is 28.3 Å². The lowest BCUT2D eigenvalue weighted by molar-refractivity contribution is 0.270. The van der Waals surface area contributed by atoms with Gasteiger partial charge in [-0.3, -0.25) is 0 Å². The Hall–Kier alpha value is -0.400.